The Morgan fingerprint density at radius 3 is 2.84 bits per heavy atom. The van der Waals surface area contributed by atoms with Crippen LogP contribution in [0, 0.1) is 6.92 Å². The van der Waals surface area contributed by atoms with Gasteiger partial charge < -0.3 is 14.9 Å². The van der Waals surface area contributed by atoms with Crippen molar-refractivity contribution in [1.82, 2.24) is 15.5 Å². The number of rotatable bonds is 8. The molecule has 0 unspecified atom stereocenters. The smallest absolute Gasteiger partial charge is 0.253 e. The minimum atomic E-state index is -0.287. The summed E-state index contributed by atoms with van der Waals surface area (Å²) in [5, 5.41) is 15.8. The number of aromatic nitrogens is 2. The predicted octanol–water partition coefficient (Wildman–Crippen LogP) is 3.00. The third-order valence-corrected chi connectivity index (χ3v) is 3.87. The standard InChI is InChI=1S/C19H25N3O3/c1-4-5-6-18-17(14(3)25-22-18)10-9-16-8-7-15(11-20-16)19(24)21-13(2)12-23/h7-11,13,23H,4-6,12H2,1-3H3,(H,21,24)/t13-/m0/s1. The van der Waals surface area contributed by atoms with Crippen molar-refractivity contribution in [1.29, 1.82) is 0 Å². The maximum absolute atomic E-state index is 12.0. The Balaban J connectivity index is 2.07. The van der Waals surface area contributed by atoms with Gasteiger partial charge in [-0.05, 0) is 51.0 Å². The van der Waals surface area contributed by atoms with Gasteiger partial charge in [-0.25, -0.2) is 0 Å². The van der Waals surface area contributed by atoms with Crippen molar-refractivity contribution in [3.8, 4) is 0 Å². The lowest BCUT2D eigenvalue weighted by Gasteiger charge is -2.10. The molecule has 0 saturated heterocycles. The van der Waals surface area contributed by atoms with Crippen LogP contribution in [-0.4, -0.2) is 33.8 Å². The average Bonchev–Trinajstić information content (AvgIpc) is 2.98. The number of carbonyl (C=O) groups excluding carboxylic acids is 1. The maximum atomic E-state index is 12.0. The minimum absolute atomic E-state index is 0.0988. The number of carbonyl (C=O) groups is 1. The zero-order valence-electron chi connectivity index (χ0n) is 15.0. The molecule has 0 fully saturated rings. The molecule has 0 aliphatic rings. The van der Waals surface area contributed by atoms with Gasteiger partial charge >= 0.3 is 0 Å². The molecule has 0 aliphatic carbocycles. The SMILES string of the molecule is CCCCc1noc(C)c1C=Cc1ccc(C(=O)N[C@@H](C)CO)cn1. The number of aliphatic hydroxyl groups is 1. The highest BCUT2D eigenvalue weighted by atomic mass is 16.5. The summed E-state index contributed by atoms with van der Waals surface area (Å²) in [5.74, 6) is 0.539. The molecule has 2 heterocycles. The molecule has 6 heteroatoms. The number of pyridine rings is 1. The van der Waals surface area contributed by atoms with Gasteiger partial charge in [0, 0.05) is 17.8 Å². The zero-order chi connectivity index (χ0) is 18.2. The van der Waals surface area contributed by atoms with Gasteiger partial charge in [0.25, 0.3) is 5.91 Å². The van der Waals surface area contributed by atoms with Crippen molar-refractivity contribution >= 4 is 18.1 Å². The molecular weight excluding hydrogens is 318 g/mol. The van der Waals surface area contributed by atoms with Gasteiger partial charge in [0.2, 0.25) is 0 Å². The highest BCUT2D eigenvalue weighted by molar-refractivity contribution is 5.94. The summed E-state index contributed by atoms with van der Waals surface area (Å²) < 4.78 is 5.28. The number of hydrogen-bond donors (Lipinski definition) is 2. The molecule has 0 saturated carbocycles. The van der Waals surface area contributed by atoms with Crippen molar-refractivity contribution in [2.45, 2.75) is 46.1 Å². The van der Waals surface area contributed by atoms with Gasteiger partial charge in [0.05, 0.1) is 23.6 Å². The van der Waals surface area contributed by atoms with E-state index in [1.807, 2.05) is 19.1 Å². The molecule has 1 amide bonds. The Hall–Kier alpha value is -2.47. The van der Waals surface area contributed by atoms with Crippen molar-refractivity contribution < 1.29 is 14.4 Å². The molecule has 0 aliphatic heterocycles. The van der Waals surface area contributed by atoms with Crippen LogP contribution < -0.4 is 5.32 Å². The van der Waals surface area contributed by atoms with E-state index in [9.17, 15) is 4.79 Å². The highest BCUT2D eigenvalue weighted by Crippen LogP contribution is 2.18. The van der Waals surface area contributed by atoms with Gasteiger partial charge in [-0.2, -0.15) is 0 Å². The minimum Gasteiger partial charge on any atom is -0.394 e. The lowest BCUT2D eigenvalue weighted by molar-refractivity contribution is 0.0922. The van der Waals surface area contributed by atoms with Crippen LogP contribution in [0.3, 0.4) is 0 Å². The van der Waals surface area contributed by atoms with Crippen LogP contribution in [-0.2, 0) is 6.42 Å². The van der Waals surface area contributed by atoms with E-state index in [0.717, 1.165) is 42.0 Å². The van der Waals surface area contributed by atoms with E-state index in [1.54, 1.807) is 19.1 Å². The molecule has 2 aromatic heterocycles. The number of aryl methyl sites for hydroxylation is 2. The van der Waals surface area contributed by atoms with Crippen molar-refractivity contribution in [2.24, 2.45) is 0 Å². The molecule has 0 radical (unpaired) electrons. The number of aliphatic hydroxyl groups excluding tert-OH is 1. The van der Waals surface area contributed by atoms with Crippen LogP contribution in [0.25, 0.3) is 12.2 Å². The van der Waals surface area contributed by atoms with E-state index in [1.165, 1.54) is 6.20 Å². The van der Waals surface area contributed by atoms with Crippen molar-refractivity contribution in [2.75, 3.05) is 6.61 Å². The van der Waals surface area contributed by atoms with Crippen LogP contribution in [0.4, 0.5) is 0 Å². The first-order valence-electron chi connectivity index (χ1n) is 8.56. The first kappa shape index (κ1) is 18.9. The maximum Gasteiger partial charge on any atom is 0.253 e. The van der Waals surface area contributed by atoms with E-state index in [0.29, 0.717) is 5.56 Å². The van der Waals surface area contributed by atoms with Crippen LogP contribution in [0.15, 0.2) is 22.9 Å². The predicted molar refractivity (Wildman–Crippen MR) is 97.0 cm³/mol. The first-order chi connectivity index (χ1) is 12.0. The Morgan fingerprint density at radius 2 is 2.20 bits per heavy atom. The normalized spacial score (nSPS) is 12.5. The van der Waals surface area contributed by atoms with Crippen LogP contribution in [0.2, 0.25) is 0 Å². The highest BCUT2D eigenvalue weighted by Gasteiger charge is 2.10. The monoisotopic (exact) mass is 343 g/mol. The van der Waals surface area contributed by atoms with Gasteiger partial charge in [0.15, 0.2) is 0 Å². The third kappa shape index (κ3) is 5.26. The topological polar surface area (TPSA) is 88.2 Å². The molecule has 1 atom stereocenters. The molecule has 2 N–H and O–H groups in total. The molecule has 2 rings (SSSR count). The third-order valence-electron chi connectivity index (χ3n) is 3.87. The number of unbranched alkanes of at least 4 members (excludes halogenated alkanes) is 1. The fraction of sp³-hybridized carbons (Fsp3) is 0.421. The van der Waals surface area contributed by atoms with Crippen LogP contribution in [0.5, 0.6) is 0 Å². The summed E-state index contributed by atoms with van der Waals surface area (Å²) in [6, 6.07) is 3.21. The van der Waals surface area contributed by atoms with Gasteiger partial charge in [-0.1, -0.05) is 18.5 Å². The van der Waals surface area contributed by atoms with Crippen LogP contribution in [0.1, 0.15) is 59.8 Å². The lowest BCUT2D eigenvalue weighted by atomic mass is 10.1. The molecule has 134 valence electrons. The Labute approximate surface area is 148 Å². The lowest BCUT2D eigenvalue weighted by Crippen LogP contribution is -2.35. The summed E-state index contributed by atoms with van der Waals surface area (Å²) in [6.45, 7) is 5.68. The molecule has 25 heavy (non-hydrogen) atoms. The molecule has 0 aromatic carbocycles. The average molecular weight is 343 g/mol. The zero-order valence-corrected chi connectivity index (χ0v) is 15.0. The van der Waals surface area contributed by atoms with Crippen LogP contribution >= 0.6 is 0 Å². The molecule has 0 spiro atoms. The van der Waals surface area contributed by atoms with Gasteiger partial charge in [-0.3, -0.25) is 9.78 Å². The molecule has 2 aromatic rings. The summed E-state index contributed by atoms with van der Waals surface area (Å²) >= 11 is 0. The van der Waals surface area contributed by atoms with Crippen molar-refractivity contribution in [3.63, 3.8) is 0 Å². The Bertz CT molecular complexity index is 720. The van der Waals surface area contributed by atoms with Gasteiger partial charge in [-0.15, -0.1) is 0 Å². The number of hydrogen-bond acceptors (Lipinski definition) is 5. The number of amides is 1. The van der Waals surface area contributed by atoms with E-state index < -0.39 is 0 Å². The quantitative estimate of drug-likeness (QED) is 0.769. The first-order valence-corrected chi connectivity index (χ1v) is 8.56. The number of nitrogens with zero attached hydrogens (tertiary/aromatic N) is 2. The molecular formula is C19H25N3O3. The van der Waals surface area contributed by atoms with E-state index >= 15 is 0 Å². The largest absolute Gasteiger partial charge is 0.394 e. The molecule has 0 bridgehead atoms. The fourth-order valence-corrected chi connectivity index (χ4v) is 2.32. The van der Waals surface area contributed by atoms with E-state index in [4.69, 9.17) is 9.63 Å². The molecule has 6 nitrogen and oxygen atoms in total. The van der Waals surface area contributed by atoms with Gasteiger partial charge in [0.1, 0.15) is 5.76 Å². The summed E-state index contributed by atoms with van der Waals surface area (Å²) in [6.07, 6.45) is 8.43. The summed E-state index contributed by atoms with van der Waals surface area (Å²) in [4.78, 5) is 16.3. The summed E-state index contributed by atoms with van der Waals surface area (Å²) in [7, 11) is 0. The second-order valence-corrected chi connectivity index (χ2v) is 6.06. The Kier molecular flexibility index (Phi) is 6.89. The summed E-state index contributed by atoms with van der Waals surface area (Å²) in [5.41, 5.74) is 3.16. The Morgan fingerprint density at radius 1 is 1.40 bits per heavy atom. The number of nitrogens with one attached hydrogen (secondary N) is 1. The fourth-order valence-electron chi connectivity index (χ4n) is 2.32. The van der Waals surface area contributed by atoms with E-state index in [2.05, 4.69) is 22.4 Å². The van der Waals surface area contributed by atoms with Crippen molar-refractivity contribution in [3.05, 3.63) is 46.6 Å². The second kappa shape index (κ2) is 9.13. The van der Waals surface area contributed by atoms with E-state index in [-0.39, 0.29) is 18.6 Å². The second-order valence-electron chi connectivity index (χ2n) is 6.06.